The maximum atomic E-state index is 12.2. The van der Waals surface area contributed by atoms with E-state index in [2.05, 4.69) is 45.9 Å². The molecule has 6 heteroatoms. The van der Waals surface area contributed by atoms with E-state index in [1.165, 1.54) is 0 Å². The van der Waals surface area contributed by atoms with Gasteiger partial charge in [-0.15, -0.1) is 0 Å². The van der Waals surface area contributed by atoms with Gasteiger partial charge in [0.15, 0.2) is 0 Å². The molecule has 0 radical (unpaired) electrons. The lowest BCUT2D eigenvalue weighted by Gasteiger charge is -2.56. The van der Waals surface area contributed by atoms with Crippen molar-refractivity contribution in [2.24, 2.45) is 10.8 Å². The molecule has 170 valence electrons. The van der Waals surface area contributed by atoms with Crippen molar-refractivity contribution in [1.82, 2.24) is 4.90 Å². The number of carboxylic acid groups (broad SMARTS) is 1. The van der Waals surface area contributed by atoms with Crippen molar-refractivity contribution in [2.75, 3.05) is 20.3 Å². The predicted molar refractivity (Wildman–Crippen MR) is 123 cm³/mol. The van der Waals surface area contributed by atoms with Gasteiger partial charge in [0.25, 0.3) is 0 Å². The molecule has 1 fully saturated rings. The molecule has 3 atom stereocenters. The van der Waals surface area contributed by atoms with E-state index in [0.717, 1.165) is 11.3 Å². The summed E-state index contributed by atoms with van der Waals surface area (Å²) in [5, 5.41) is 19.2. The average Bonchev–Trinajstić information content (AvgIpc) is 2.76. The van der Waals surface area contributed by atoms with Crippen LogP contribution < -0.4 is 9.47 Å². The number of hydrogen-bond donors (Lipinski definition) is 1. The molecule has 1 N–H and O–H groups in total. The third-order valence-corrected chi connectivity index (χ3v) is 6.49. The second-order valence-electron chi connectivity index (χ2n) is 9.79. The van der Waals surface area contributed by atoms with Crippen LogP contribution in [0.3, 0.4) is 0 Å². The topological polar surface area (TPSA) is 82.8 Å². The Morgan fingerprint density at radius 2 is 1.91 bits per heavy atom. The Bertz CT molecular complexity index is 990. The van der Waals surface area contributed by atoms with E-state index in [1.54, 1.807) is 30.2 Å². The number of likely N-dealkylation sites (tertiary alicyclic amines) is 1. The second-order valence-corrected chi connectivity index (χ2v) is 9.79. The van der Waals surface area contributed by atoms with E-state index >= 15 is 0 Å². The fourth-order valence-corrected chi connectivity index (χ4v) is 5.39. The molecule has 1 heterocycles. The highest BCUT2D eigenvalue weighted by atomic mass is 16.5. The van der Waals surface area contributed by atoms with Crippen LogP contribution in [0.1, 0.15) is 51.2 Å². The fraction of sp³-hybridized carbons (Fsp3) is 0.462. The number of amides is 1. The number of rotatable bonds is 5. The molecule has 32 heavy (non-hydrogen) atoms. The van der Waals surface area contributed by atoms with Crippen LogP contribution in [0.25, 0.3) is 0 Å². The first-order valence-electron chi connectivity index (χ1n) is 10.9. The summed E-state index contributed by atoms with van der Waals surface area (Å²) in [5.74, 6) is 1.49. The maximum absolute atomic E-state index is 12.2. The minimum atomic E-state index is -0.907. The average molecular weight is 437 g/mol. The van der Waals surface area contributed by atoms with Gasteiger partial charge < -0.3 is 19.5 Å². The van der Waals surface area contributed by atoms with Crippen LogP contribution in [0, 0.1) is 22.2 Å². The van der Waals surface area contributed by atoms with Crippen LogP contribution in [0.2, 0.25) is 0 Å². The summed E-state index contributed by atoms with van der Waals surface area (Å²) in [4.78, 5) is 13.8. The highest BCUT2D eigenvalue weighted by Gasteiger charge is 2.54. The highest BCUT2D eigenvalue weighted by Crippen LogP contribution is 2.52. The zero-order valence-corrected chi connectivity index (χ0v) is 19.5. The van der Waals surface area contributed by atoms with Gasteiger partial charge in [-0.05, 0) is 53.6 Å². The zero-order valence-electron chi connectivity index (χ0n) is 19.5. The summed E-state index contributed by atoms with van der Waals surface area (Å²) < 4.78 is 11.6. The summed E-state index contributed by atoms with van der Waals surface area (Å²) in [6, 6.07) is 17.0. The number of piperidine rings is 1. The zero-order chi connectivity index (χ0) is 23.5. The first-order valence-corrected chi connectivity index (χ1v) is 10.9. The van der Waals surface area contributed by atoms with Crippen LogP contribution in [0.4, 0.5) is 4.79 Å². The van der Waals surface area contributed by atoms with Gasteiger partial charge in [-0.25, -0.2) is 4.79 Å². The first kappa shape index (κ1) is 23.5. The molecular weight excluding hydrogens is 404 g/mol. The van der Waals surface area contributed by atoms with E-state index in [4.69, 9.17) is 9.47 Å². The molecule has 0 saturated carbocycles. The van der Waals surface area contributed by atoms with Gasteiger partial charge in [0, 0.05) is 18.0 Å². The monoisotopic (exact) mass is 436 g/mol. The summed E-state index contributed by atoms with van der Waals surface area (Å²) >= 11 is 0. The number of benzene rings is 2. The van der Waals surface area contributed by atoms with Crippen molar-refractivity contribution >= 4 is 6.09 Å². The van der Waals surface area contributed by atoms with E-state index in [0.29, 0.717) is 30.9 Å². The van der Waals surface area contributed by atoms with Crippen molar-refractivity contribution in [3.8, 4) is 17.6 Å². The Labute approximate surface area is 190 Å². The van der Waals surface area contributed by atoms with Gasteiger partial charge in [-0.3, -0.25) is 0 Å². The highest BCUT2D eigenvalue weighted by molar-refractivity contribution is 5.66. The molecule has 0 aliphatic carbocycles. The van der Waals surface area contributed by atoms with E-state index < -0.39 is 11.5 Å². The van der Waals surface area contributed by atoms with E-state index in [1.807, 2.05) is 18.2 Å². The molecule has 1 aliphatic rings. The molecule has 0 aromatic heterocycles. The van der Waals surface area contributed by atoms with Gasteiger partial charge in [0.05, 0.1) is 25.3 Å². The summed E-state index contributed by atoms with van der Waals surface area (Å²) in [6.07, 6.45) is -0.209. The Morgan fingerprint density at radius 1 is 1.22 bits per heavy atom. The molecule has 2 aromatic rings. The normalized spacial score (nSPS) is 23.3. The molecule has 1 aliphatic heterocycles. The SMILES string of the molecule is COc1ccc(C2CCN(C(=O)O)C(C(C)(C)C)C2(C)COc2cccc(C#N)c2)cc1. The van der Waals surface area contributed by atoms with Crippen LogP contribution in [0.15, 0.2) is 48.5 Å². The quantitative estimate of drug-likeness (QED) is 0.666. The third-order valence-electron chi connectivity index (χ3n) is 6.49. The van der Waals surface area contributed by atoms with Crippen molar-refractivity contribution < 1.29 is 19.4 Å². The largest absolute Gasteiger partial charge is 0.497 e. The number of carbonyl (C=O) groups is 1. The third kappa shape index (κ3) is 4.67. The van der Waals surface area contributed by atoms with Crippen molar-refractivity contribution in [3.63, 3.8) is 0 Å². The Hall–Kier alpha value is -3.20. The van der Waals surface area contributed by atoms with Crippen molar-refractivity contribution in [2.45, 2.75) is 46.1 Å². The lowest BCUT2D eigenvalue weighted by Crippen LogP contribution is -2.63. The van der Waals surface area contributed by atoms with Crippen molar-refractivity contribution in [1.29, 1.82) is 5.26 Å². The van der Waals surface area contributed by atoms with Gasteiger partial charge in [-0.2, -0.15) is 5.26 Å². The molecule has 1 amide bonds. The van der Waals surface area contributed by atoms with Crippen LogP contribution in [-0.2, 0) is 0 Å². The maximum Gasteiger partial charge on any atom is 0.407 e. The van der Waals surface area contributed by atoms with Crippen molar-refractivity contribution in [3.05, 3.63) is 59.7 Å². The number of nitrogens with zero attached hydrogens (tertiary/aromatic N) is 2. The lowest BCUT2D eigenvalue weighted by molar-refractivity contribution is -0.0624. The Balaban J connectivity index is 2.04. The van der Waals surface area contributed by atoms with Crippen LogP contribution >= 0.6 is 0 Å². The van der Waals surface area contributed by atoms with Crippen LogP contribution in [0.5, 0.6) is 11.5 Å². The lowest BCUT2D eigenvalue weighted by atomic mass is 9.58. The molecule has 3 rings (SSSR count). The van der Waals surface area contributed by atoms with Gasteiger partial charge in [-0.1, -0.05) is 45.9 Å². The summed E-state index contributed by atoms with van der Waals surface area (Å²) in [7, 11) is 1.64. The Morgan fingerprint density at radius 3 is 2.47 bits per heavy atom. The second kappa shape index (κ2) is 9.12. The number of nitriles is 1. The summed E-state index contributed by atoms with van der Waals surface area (Å²) in [5.41, 5.74) is 0.854. The molecule has 0 bridgehead atoms. The summed E-state index contributed by atoms with van der Waals surface area (Å²) in [6.45, 7) is 9.16. The molecule has 1 saturated heterocycles. The number of hydrogen-bond acceptors (Lipinski definition) is 4. The van der Waals surface area contributed by atoms with Gasteiger partial charge >= 0.3 is 6.09 Å². The van der Waals surface area contributed by atoms with E-state index in [-0.39, 0.29) is 17.4 Å². The standard InChI is InChI=1S/C26H32N2O4/c1-25(2,3)23-26(4,17-32-21-8-6-7-18(15-21)16-27)22(13-14-28(23)24(29)30)19-9-11-20(31-5)12-10-19/h6-12,15,22-23H,13-14,17H2,1-5H3,(H,29,30). The predicted octanol–water partition coefficient (Wildman–Crippen LogP) is 5.53. The van der Waals surface area contributed by atoms with Gasteiger partial charge in [0.2, 0.25) is 0 Å². The molecule has 3 unspecified atom stereocenters. The molecular formula is C26H32N2O4. The minimum absolute atomic E-state index is 0.0902. The van der Waals surface area contributed by atoms with Crippen LogP contribution in [-0.4, -0.2) is 42.4 Å². The Kier molecular flexibility index (Phi) is 6.68. The number of methoxy groups -OCH3 is 1. The molecule has 2 aromatic carbocycles. The van der Waals surface area contributed by atoms with Gasteiger partial charge in [0.1, 0.15) is 11.5 Å². The molecule has 6 nitrogen and oxygen atoms in total. The first-order chi connectivity index (χ1) is 15.1. The fourth-order valence-electron chi connectivity index (χ4n) is 5.39. The number of ether oxygens (including phenoxy) is 2. The van der Waals surface area contributed by atoms with E-state index in [9.17, 15) is 15.2 Å². The smallest absolute Gasteiger partial charge is 0.407 e. The minimum Gasteiger partial charge on any atom is -0.497 e. The molecule has 0 spiro atoms.